The number of rotatable bonds is 4. The largest absolute Gasteiger partial charge is 0.350 e. The lowest BCUT2D eigenvalue weighted by molar-refractivity contribution is -0.0464. The van der Waals surface area contributed by atoms with Gasteiger partial charge in [0.1, 0.15) is 0 Å². The molecule has 0 aromatic carbocycles. The van der Waals surface area contributed by atoms with Gasteiger partial charge in [0.2, 0.25) is 0 Å². The van der Waals surface area contributed by atoms with E-state index in [-0.39, 0.29) is 6.29 Å². The van der Waals surface area contributed by atoms with Crippen molar-refractivity contribution < 1.29 is 9.47 Å². The van der Waals surface area contributed by atoms with Gasteiger partial charge in [-0.15, -0.1) is 0 Å². The Balaban J connectivity index is 1.74. The molecular formula is C14H24O2. The SMILES string of the molecule is CCC1(C)CC=C(CCC2OCCO2)CC1. The lowest BCUT2D eigenvalue weighted by Gasteiger charge is -2.32. The second-order valence-electron chi connectivity index (χ2n) is 5.44. The molecule has 1 aliphatic carbocycles. The van der Waals surface area contributed by atoms with Gasteiger partial charge in [-0.05, 0) is 31.1 Å². The highest BCUT2D eigenvalue weighted by Gasteiger charge is 2.25. The van der Waals surface area contributed by atoms with Gasteiger partial charge in [0, 0.05) is 6.42 Å². The van der Waals surface area contributed by atoms with E-state index in [0.717, 1.165) is 26.1 Å². The molecule has 1 fully saturated rings. The normalized spacial score (nSPS) is 31.8. The summed E-state index contributed by atoms with van der Waals surface area (Å²) in [6.45, 7) is 6.26. The molecule has 16 heavy (non-hydrogen) atoms. The third-order valence-electron chi connectivity index (χ3n) is 4.18. The van der Waals surface area contributed by atoms with Gasteiger partial charge in [-0.3, -0.25) is 0 Å². The Labute approximate surface area is 99.0 Å². The molecule has 1 aliphatic heterocycles. The zero-order valence-electron chi connectivity index (χ0n) is 10.6. The van der Waals surface area contributed by atoms with Crippen LogP contribution in [0, 0.1) is 5.41 Å². The van der Waals surface area contributed by atoms with Crippen molar-refractivity contribution in [3.63, 3.8) is 0 Å². The molecule has 0 bridgehead atoms. The van der Waals surface area contributed by atoms with Crippen LogP contribution in [0.15, 0.2) is 11.6 Å². The monoisotopic (exact) mass is 224 g/mol. The van der Waals surface area contributed by atoms with Crippen molar-refractivity contribution in [2.75, 3.05) is 13.2 Å². The van der Waals surface area contributed by atoms with Crippen LogP contribution in [0.25, 0.3) is 0 Å². The molecule has 0 N–H and O–H groups in total. The number of hydrogen-bond acceptors (Lipinski definition) is 2. The Morgan fingerprint density at radius 3 is 2.69 bits per heavy atom. The van der Waals surface area contributed by atoms with E-state index in [1.807, 2.05) is 0 Å². The highest BCUT2D eigenvalue weighted by molar-refractivity contribution is 5.09. The first kappa shape index (κ1) is 12.1. The summed E-state index contributed by atoms with van der Waals surface area (Å²) in [6, 6.07) is 0. The van der Waals surface area contributed by atoms with Gasteiger partial charge in [0.15, 0.2) is 6.29 Å². The molecule has 1 heterocycles. The van der Waals surface area contributed by atoms with Gasteiger partial charge in [-0.25, -0.2) is 0 Å². The van der Waals surface area contributed by atoms with E-state index < -0.39 is 0 Å². The van der Waals surface area contributed by atoms with Gasteiger partial charge < -0.3 is 9.47 Å². The molecule has 0 saturated carbocycles. The Bertz CT molecular complexity index is 253. The van der Waals surface area contributed by atoms with Crippen molar-refractivity contribution >= 4 is 0 Å². The summed E-state index contributed by atoms with van der Waals surface area (Å²) in [4.78, 5) is 0. The Morgan fingerprint density at radius 1 is 1.38 bits per heavy atom. The van der Waals surface area contributed by atoms with Gasteiger partial charge in [0.25, 0.3) is 0 Å². The second-order valence-corrected chi connectivity index (χ2v) is 5.44. The number of allylic oxidation sites excluding steroid dienone is 2. The predicted octanol–water partition coefficient (Wildman–Crippen LogP) is 3.67. The molecule has 92 valence electrons. The predicted molar refractivity (Wildman–Crippen MR) is 65.3 cm³/mol. The maximum atomic E-state index is 5.46. The lowest BCUT2D eigenvalue weighted by Crippen LogP contribution is -2.18. The van der Waals surface area contributed by atoms with E-state index in [4.69, 9.17) is 9.47 Å². The van der Waals surface area contributed by atoms with E-state index in [2.05, 4.69) is 19.9 Å². The molecule has 1 atom stereocenters. The molecular weight excluding hydrogens is 200 g/mol. The third-order valence-corrected chi connectivity index (χ3v) is 4.18. The molecule has 2 heteroatoms. The first-order chi connectivity index (χ1) is 7.72. The molecule has 1 unspecified atom stereocenters. The van der Waals surface area contributed by atoms with Gasteiger partial charge in [0.05, 0.1) is 13.2 Å². The van der Waals surface area contributed by atoms with Crippen molar-refractivity contribution in [2.24, 2.45) is 5.41 Å². The van der Waals surface area contributed by atoms with Crippen LogP contribution in [0.5, 0.6) is 0 Å². The molecule has 1 saturated heterocycles. The van der Waals surface area contributed by atoms with Crippen molar-refractivity contribution in [2.45, 2.75) is 58.7 Å². The summed E-state index contributed by atoms with van der Waals surface area (Å²) in [5.74, 6) is 0. The topological polar surface area (TPSA) is 18.5 Å². The molecule has 0 radical (unpaired) electrons. The van der Waals surface area contributed by atoms with Gasteiger partial charge in [-0.2, -0.15) is 0 Å². The van der Waals surface area contributed by atoms with E-state index in [1.165, 1.54) is 25.7 Å². The summed E-state index contributed by atoms with van der Waals surface area (Å²) in [7, 11) is 0. The molecule has 0 spiro atoms. The number of hydrogen-bond donors (Lipinski definition) is 0. The van der Waals surface area contributed by atoms with E-state index in [0.29, 0.717) is 5.41 Å². The van der Waals surface area contributed by atoms with Gasteiger partial charge >= 0.3 is 0 Å². The fourth-order valence-corrected chi connectivity index (χ4v) is 2.48. The highest BCUT2D eigenvalue weighted by Crippen LogP contribution is 2.38. The Hall–Kier alpha value is -0.340. The number of ether oxygens (including phenoxy) is 2. The summed E-state index contributed by atoms with van der Waals surface area (Å²) in [6.07, 6.45) is 9.90. The van der Waals surface area contributed by atoms with Crippen molar-refractivity contribution in [3.8, 4) is 0 Å². The van der Waals surface area contributed by atoms with Crippen LogP contribution < -0.4 is 0 Å². The van der Waals surface area contributed by atoms with Crippen LogP contribution in [-0.2, 0) is 9.47 Å². The summed E-state index contributed by atoms with van der Waals surface area (Å²) in [5, 5.41) is 0. The first-order valence-corrected chi connectivity index (χ1v) is 6.63. The first-order valence-electron chi connectivity index (χ1n) is 6.63. The van der Waals surface area contributed by atoms with Crippen molar-refractivity contribution in [1.29, 1.82) is 0 Å². The van der Waals surface area contributed by atoms with Gasteiger partial charge in [-0.1, -0.05) is 31.9 Å². The molecule has 2 rings (SSSR count). The van der Waals surface area contributed by atoms with Crippen LogP contribution in [0.4, 0.5) is 0 Å². The van der Waals surface area contributed by atoms with Crippen LogP contribution in [-0.4, -0.2) is 19.5 Å². The van der Waals surface area contributed by atoms with E-state index >= 15 is 0 Å². The smallest absolute Gasteiger partial charge is 0.158 e. The van der Waals surface area contributed by atoms with Crippen LogP contribution in [0.3, 0.4) is 0 Å². The molecule has 2 aliphatic rings. The zero-order valence-corrected chi connectivity index (χ0v) is 10.6. The molecule has 0 aromatic rings. The average Bonchev–Trinajstić information content (AvgIpc) is 2.81. The summed E-state index contributed by atoms with van der Waals surface area (Å²) < 4.78 is 10.9. The molecule has 0 aromatic heterocycles. The molecule has 0 amide bonds. The quantitative estimate of drug-likeness (QED) is 0.678. The zero-order chi connectivity index (χ0) is 11.4. The van der Waals surface area contributed by atoms with Crippen molar-refractivity contribution in [1.82, 2.24) is 0 Å². The Kier molecular flexibility index (Phi) is 4.04. The molecule has 2 nitrogen and oxygen atoms in total. The fraction of sp³-hybridized carbons (Fsp3) is 0.857. The minimum Gasteiger partial charge on any atom is -0.350 e. The summed E-state index contributed by atoms with van der Waals surface area (Å²) >= 11 is 0. The van der Waals surface area contributed by atoms with Crippen LogP contribution in [0.2, 0.25) is 0 Å². The minimum atomic E-state index is 0.0698. The van der Waals surface area contributed by atoms with Crippen LogP contribution in [0.1, 0.15) is 52.4 Å². The van der Waals surface area contributed by atoms with E-state index in [9.17, 15) is 0 Å². The van der Waals surface area contributed by atoms with Crippen LogP contribution >= 0.6 is 0 Å². The summed E-state index contributed by atoms with van der Waals surface area (Å²) in [5.41, 5.74) is 2.18. The maximum Gasteiger partial charge on any atom is 0.158 e. The Morgan fingerprint density at radius 2 is 2.12 bits per heavy atom. The minimum absolute atomic E-state index is 0.0698. The average molecular weight is 224 g/mol. The van der Waals surface area contributed by atoms with Crippen molar-refractivity contribution in [3.05, 3.63) is 11.6 Å². The maximum absolute atomic E-state index is 5.46. The standard InChI is InChI=1S/C14H24O2/c1-3-14(2)8-6-12(7-9-14)4-5-13-15-10-11-16-13/h6,13H,3-5,7-11H2,1-2H3. The third kappa shape index (κ3) is 3.08. The fourth-order valence-electron chi connectivity index (χ4n) is 2.48. The highest BCUT2D eigenvalue weighted by atomic mass is 16.7. The van der Waals surface area contributed by atoms with E-state index in [1.54, 1.807) is 5.57 Å². The second kappa shape index (κ2) is 5.33. The lowest BCUT2D eigenvalue weighted by atomic mass is 9.74.